The van der Waals surface area contributed by atoms with Gasteiger partial charge in [0.05, 0.1) is 0 Å². The van der Waals surface area contributed by atoms with Gasteiger partial charge in [-0.05, 0) is 108 Å². The summed E-state index contributed by atoms with van der Waals surface area (Å²) in [6, 6.07) is 49.3. The predicted molar refractivity (Wildman–Crippen MR) is 158 cm³/mol. The van der Waals surface area contributed by atoms with Gasteiger partial charge in [0.15, 0.2) is 0 Å². The summed E-state index contributed by atoms with van der Waals surface area (Å²) in [6.07, 6.45) is 1.04. The van der Waals surface area contributed by atoms with Crippen LogP contribution in [0.2, 0.25) is 0 Å². The standard InChI is InChI=1S/C37H24/c1-2-6-26-19-27(12-9-24(26)5-1)28-13-10-25-11-14-29(22-34(25)21-28)30-17-18-36-32(20-30)15-16-33-23-31-7-3-4-8-35(31)37(33)36/h1-22H,23H2. The van der Waals surface area contributed by atoms with Crippen LogP contribution in [-0.4, -0.2) is 0 Å². The fraction of sp³-hybridized carbons (Fsp3) is 0.0270. The molecule has 0 aromatic heterocycles. The highest BCUT2D eigenvalue weighted by atomic mass is 14.2. The lowest BCUT2D eigenvalue weighted by Gasteiger charge is -2.11. The highest BCUT2D eigenvalue weighted by Crippen LogP contribution is 2.42. The van der Waals surface area contributed by atoms with Crippen molar-refractivity contribution in [1.29, 1.82) is 0 Å². The Morgan fingerprint density at radius 1 is 0.351 bits per heavy atom. The number of hydrogen-bond acceptors (Lipinski definition) is 0. The molecule has 0 saturated heterocycles. The summed E-state index contributed by atoms with van der Waals surface area (Å²) in [5.74, 6) is 0. The molecule has 7 aromatic carbocycles. The molecule has 37 heavy (non-hydrogen) atoms. The molecule has 0 saturated carbocycles. The summed E-state index contributed by atoms with van der Waals surface area (Å²) in [7, 11) is 0. The Balaban J connectivity index is 1.22. The van der Waals surface area contributed by atoms with Crippen molar-refractivity contribution in [3.63, 3.8) is 0 Å². The molecule has 0 bridgehead atoms. The van der Waals surface area contributed by atoms with Crippen LogP contribution in [0.25, 0.3) is 65.7 Å². The molecule has 0 N–H and O–H groups in total. The van der Waals surface area contributed by atoms with Crippen LogP contribution in [0.1, 0.15) is 11.1 Å². The first-order valence-electron chi connectivity index (χ1n) is 13.0. The molecule has 0 heteroatoms. The van der Waals surface area contributed by atoms with Crippen LogP contribution in [0, 0.1) is 0 Å². The third kappa shape index (κ3) is 3.30. The van der Waals surface area contributed by atoms with Crippen LogP contribution < -0.4 is 0 Å². The highest BCUT2D eigenvalue weighted by molar-refractivity contribution is 6.03. The summed E-state index contributed by atoms with van der Waals surface area (Å²) in [6.45, 7) is 0. The fourth-order valence-corrected chi connectivity index (χ4v) is 6.12. The van der Waals surface area contributed by atoms with Gasteiger partial charge < -0.3 is 0 Å². The Labute approximate surface area is 216 Å². The van der Waals surface area contributed by atoms with Crippen molar-refractivity contribution >= 4 is 32.3 Å². The zero-order valence-corrected chi connectivity index (χ0v) is 20.4. The van der Waals surface area contributed by atoms with Crippen LogP contribution in [0.3, 0.4) is 0 Å². The normalized spacial score (nSPS) is 12.2. The minimum absolute atomic E-state index is 1.04. The molecule has 0 nitrogen and oxygen atoms in total. The Morgan fingerprint density at radius 2 is 0.892 bits per heavy atom. The molecule has 0 spiro atoms. The third-order valence-corrected chi connectivity index (χ3v) is 8.03. The summed E-state index contributed by atoms with van der Waals surface area (Å²) < 4.78 is 0. The molecule has 0 unspecified atom stereocenters. The summed E-state index contributed by atoms with van der Waals surface area (Å²) in [5.41, 5.74) is 10.7. The lowest BCUT2D eigenvalue weighted by Crippen LogP contribution is -1.85. The minimum Gasteiger partial charge on any atom is -0.0619 e. The zero-order valence-electron chi connectivity index (χ0n) is 20.4. The smallest absolute Gasteiger partial charge is 0.00132 e. The highest BCUT2D eigenvalue weighted by Gasteiger charge is 2.20. The number of benzene rings is 7. The third-order valence-electron chi connectivity index (χ3n) is 8.03. The van der Waals surface area contributed by atoms with E-state index in [-0.39, 0.29) is 0 Å². The maximum absolute atomic E-state index is 2.35. The Hall–Kier alpha value is -4.68. The first kappa shape index (κ1) is 20.5. The van der Waals surface area contributed by atoms with Crippen molar-refractivity contribution in [1.82, 2.24) is 0 Å². The number of fused-ring (bicyclic) bond motifs is 7. The average molecular weight is 469 g/mol. The van der Waals surface area contributed by atoms with Crippen molar-refractivity contribution in [2.75, 3.05) is 0 Å². The van der Waals surface area contributed by atoms with Gasteiger partial charge in [-0.2, -0.15) is 0 Å². The fourth-order valence-electron chi connectivity index (χ4n) is 6.12. The lowest BCUT2D eigenvalue weighted by molar-refractivity contribution is 1.27. The van der Waals surface area contributed by atoms with Gasteiger partial charge in [0.2, 0.25) is 0 Å². The van der Waals surface area contributed by atoms with Gasteiger partial charge in [0, 0.05) is 0 Å². The predicted octanol–water partition coefficient (Wildman–Crippen LogP) is 10.1. The second-order valence-electron chi connectivity index (χ2n) is 10.2. The average Bonchev–Trinajstić information content (AvgIpc) is 3.35. The molecule has 1 aliphatic carbocycles. The molecule has 7 aromatic rings. The van der Waals surface area contributed by atoms with E-state index >= 15 is 0 Å². The van der Waals surface area contributed by atoms with Crippen molar-refractivity contribution in [2.24, 2.45) is 0 Å². The van der Waals surface area contributed by atoms with Crippen molar-refractivity contribution in [3.05, 3.63) is 145 Å². The first-order valence-corrected chi connectivity index (χ1v) is 13.0. The van der Waals surface area contributed by atoms with Gasteiger partial charge in [-0.25, -0.2) is 0 Å². The first-order chi connectivity index (χ1) is 18.3. The van der Waals surface area contributed by atoms with Gasteiger partial charge in [-0.1, -0.05) is 109 Å². The van der Waals surface area contributed by atoms with Gasteiger partial charge in [0.1, 0.15) is 0 Å². The largest absolute Gasteiger partial charge is 0.0619 e. The minimum atomic E-state index is 1.04. The second-order valence-corrected chi connectivity index (χ2v) is 10.2. The van der Waals surface area contributed by atoms with E-state index in [1.165, 1.54) is 76.8 Å². The van der Waals surface area contributed by atoms with Crippen molar-refractivity contribution in [2.45, 2.75) is 6.42 Å². The number of rotatable bonds is 2. The van der Waals surface area contributed by atoms with E-state index in [2.05, 4.69) is 133 Å². The zero-order chi connectivity index (χ0) is 24.3. The molecular formula is C37H24. The molecule has 172 valence electrons. The van der Waals surface area contributed by atoms with E-state index in [9.17, 15) is 0 Å². The van der Waals surface area contributed by atoms with Gasteiger partial charge in [-0.3, -0.25) is 0 Å². The van der Waals surface area contributed by atoms with E-state index in [0.717, 1.165) is 6.42 Å². The maximum Gasteiger partial charge on any atom is -0.00132 e. The molecule has 0 heterocycles. The molecule has 0 atom stereocenters. The molecule has 0 amide bonds. The van der Waals surface area contributed by atoms with Crippen molar-refractivity contribution < 1.29 is 0 Å². The summed E-state index contributed by atoms with van der Waals surface area (Å²) in [5, 5.41) is 7.75. The van der Waals surface area contributed by atoms with Gasteiger partial charge in [-0.15, -0.1) is 0 Å². The summed E-state index contributed by atoms with van der Waals surface area (Å²) >= 11 is 0. The molecule has 0 radical (unpaired) electrons. The van der Waals surface area contributed by atoms with Gasteiger partial charge >= 0.3 is 0 Å². The maximum atomic E-state index is 2.35. The van der Waals surface area contributed by atoms with E-state index in [0.29, 0.717) is 0 Å². The Bertz CT molecular complexity index is 2010. The summed E-state index contributed by atoms with van der Waals surface area (Å²) in [4.78, 5) is 0. The van der Waals surface area contributed by atoms with E-state index < -0.39 is 0 Å². The molecular weight excluding hydrogens is 444 g/mol. The molecule has 0 aliphatic heterocycles. The van der Waals surface area contributed by atoms with Crippen molar-refractivity contribution in [3.8, 4) is 33.4 Å². The monoisotopic (exact) mass is 468 g/mol. The second kappa shape index (κ2) is 7.91. The van der Waals surface area contributed by atoms with Crippen LogP contribution in [-0.2, 0) is 6.42 Å². The molecule has 0 fully saturated rings. The number of hydrogen-bond donors (Lipinski definition) is 0. The van der Waals surface area contributed by atoms with E-state index in [1.807, 2.05) is 0 Å². The Kier molecular flexibility index (Phi) is 4.39. The Morgan fingerprint density at radius 3 is 1.65 bits per heavy atom. The molecule has 1 aliphatic rings. The van der Waals surface area contributed by atoms with Crippen LogP contribution in [0.4, 0.5) is 0 Å². The van der Waals surface area contributed by atoms with Crippen LogP contribution in [0.15, 0.2) is 133 Å². The quantitative estimate of drug-likeness (QED) is 0.237. The SMILES string of the molecule is c1ccc2c(c1)Cc1ccc3cc(-c4ccc5ccc(-c6ccc7ccccc7c6)cc5c4)ccc3c1-2. The van der Waals surface area contributed by atoms with Crippen LogP contribution >= 0.6 is 0 Å². The lowest BCUT2D eigenvalue weighted by atomic mass is 9.93. The van der Waals surface area contributed by atoms with E-state index in [4.69, 9.17) is 0 Å². The molecule has 8 rings (SSSR count). The topological polar surface area (TPSA) is 0 Å². The van der Waals surface area contributed by atoms with Gasteiger partial charge in [0.25, 0.3) is 0 Å². The van der Waals surface area contributed by atoms with E-state index in [1.54, 1.807) is 0 Å². The van der Waals surface area contributed by atoms with Crippen LogP contribution in [0.5, 0.6) is 0 Å².